The minimum atomic E-state index is 0.623. The number of halogens is 2. The molecule has 3 rings (SSSR count). The van der Waals surface area contributed by atoms with Gasteiger partial charge in [0.05, 0.1) is 0 Å². The Bertz CT molecular complexity index is 718. The van der Waals surface area contributed by atoms with Crippen molar-refractivity contribution in [3.63, 3.8) is 0 Å². The van der Waals surface area contributed by atoms with Crippen LogP contribution in [0.3, 0.4) is 0 Å². The zero-order valence-corrected chi connectivity index (χ0v) is 10.8. The van der Waals surface area contributed by atoms with Gasteiger partial charge in [0.25, 0.3) is 0 Å². The number of hydrogen-bond donors (Lipinski definition) is 0. The SMILES string of the molecule is O=Cc1c2cccc(Cl)c2cc2c(Cl)cccc12. The van der Waals surface area contributed by atoms with Gasteiger partial charge in [-0.15, -0.1) is 0 Å². The van der Waals surface area contributed by atoms with Gasteiger partial charge in [-0.25, -0.2) is 0 Å². The quantitative estimate of drug-likeness (QED) is 0.445. The topological polar surface area (TPSA) is 17.1 Å². The van der Waals surface area contributed by atoms with Crippen molar-refractivity contribution in [2.45, 2.75) is 0 Å². The summed E-state index contributed by atoms with van der Waals surface area (Å²) in [4.78, 5) is 11.4. The molecule has 0 aliphatic heterocycles. The molecule has 0 fully saturated rings. The molecule has 0 N–H and O–H groups in total. The zero-order chi connectivity index (χ0) is 12.7. The summed E-state index contributed by atoms with van der Waals surface area (Å²) in [7, 11) is 0. The first-order valence-corrected chi connectivity index (χ1v) is 6.22. The van der Waals surface area contributed by atoms with Crippen LogP contribution in [0, 0.1) is 0 Å². The molecular weight excluding hydrogens is 267 g/mol. The number of carbonyl (C=O) groups is 1. The Kier molecular flexibility index (Phi) is 2.73. The van der Waals surface area contributed by atoms with E-state index in [2.05, 4.69) is 0 Å². The first kappa shape index (κ1) is 11.5. The molecular formula is C15H8Cl2O. The summed E-state index contributed by atoms with van der Waals surface area (Å²) in [6.07, 6.45) is 0.858. The highest BCUT2D eigenvalue weighted by Gasteiger charge is 2.10. The molecule has 0 spiro atoms. The Labute approximate surface area is 114 Å². The van der Waals surface area contributed by atoms with Crippen molar-refractivity contribution in [3.8, 4) is 0 Å². The first-order valence-electron chi connectivity index (χ1n) is 5.47. The van der Waals surface area contributed by atoms with Crippen molar-refractivity contribution in [3.05, 3.63) is 58.1 Å². The number of rotatable bonds is 1. The summed E-state index contributed by atoms with van der Waals surface area (Å²) < 4.78 is 0. The van der Waals surface area contributed by atoms with E-state index < -0.39 is 0 Å². The number of aldehydes is 1. The third-order valence-corrected chi connectivity index (χ3v) is 3.75. The van der Waals surface area contributed by atoms with Crippen molar-refractivity contribution in [1.82, 2.24) is 0 Å². The van der Waals surface area contributed by atoms with E-state index in [0.29, 0.717) is 15.6 Å². The molecule has 0 radical (unpaired) electrons. The second-order valence-corrected chi connectivity index (χ2v) is 4.89. The summed E-state index contributed by atoms with van der Waals surface area (Å²) >= 11 is 12.4. The van der Waals surface area contributed by atoms with E-state index in [1.807, 2.05) is 30.3 Å². The van der Waals surface area contributed by atoms with Crippen molar-refractivity contribution < 1.29 is 4.79 Å². The standard InChI is InChI=1S/C15H8Cl2O/c16-14-5-1-3-9-11(14)7-12-10(13(9)8-18)4-2-6-15(12)17/h1-8H. The minimum Gasteiger partial charge on any atom is -0.298 e. The van der Waals surface area contributed by atoms with Gasteiger partial charge in [-0.05, 0) is 29.0 Å². The summed E-state index contributed by atoms with van der Waals surface area (Å²) in [5, 5.41) is 4.65. The molecule has 3 aromatic rings. The van der Waals surface area contributed by atoms with Crippen LogP contribution in [0.4, 0.5) is 0 Å². The van der Waals surface area contributed by atoms with Crippen LogP contribution in [0.5, 0.6) is 0 Å². The van der Waals surface area contributed by atoms with Gasteiger partial charge in [0.1, 0.15) is 0 Å². The second-order valence-electron chi connectivity index (χ2n) is 4.08. The monoisotopic (exact) mass is 274 g/mol. The molecule has 1 nitrogen and oxygen atoms in total. The Morgan fingerprint density at radius 1 is 0.778 bits per heavy atom. The normalized spacial score (nSPS) is 11.0. The Morgan fingerprint density at radius 3 is 1.72 bits per heavy atom. The zero-order valence-electron chi connectivity index (χ0n) is 9.28. The third kappa shape index (κ3) is 1.59. The maximum absolute atomic E-state index is 11.4. The molecule has 3 aromatic carbocycles. The van der Waals surface area contributed by atoms with E-state index in [1.165, 1.54) is 0 Å². The van der Waals surface area contributed by atoms with Gasteiger partial charge in [-0.1, -0.05) is 47.5 Å². The molecule has 0 saturated heterocycles. The highest BCUT2D eigenvalue weighted by molar-refractivity contribution is 6.39. The summed E-state index contributed by atoms with van der Waals surface area (Å²) in [6, 6.07) is 13.0. The molecule has 0 aromatic heterocycles. The molecule has 0 saturated carbocycles. The molecule has 3 heteroatoms. The minimum absolute atomic E-state index is 0.623. The van der Waals surface area contributed by atoms with Crippen LogP contribution in [0.25, 0.3) is 21.5 Å². The molecule has 88 valence electrons. The average molecular weight is 275 g/mol. The van der Waals surface area contributed by atoms with Crippen LogP contribution in [0.15, 0.2) is 42.5 Å². The van der Waals surface area contributed by atoms with Gasteiger partial charge in [-0.3, -0.25) is 4.79 Å². The van der Waals surface area contributed by atoms with Crippen LogP contribution in [0.2, 0.25) is 10.0 Å². The Morgan fingerprint density at radius 2 is 1.28 bits per heavy atom. The predicted octanol–water partition coefficient (Wildman–Crippen LogP) is 5.11. The molecule has 0 heterocycles. The lowest BCUT2D eigenvalue weighted by Gasteiger charge is -2.09. The summed E-state index contributed by atoms with van der Waals surface area (Å²) in [5.41, 5.74) is 0.632. The number of hydrogen-bond acceptors (Lipinski definition) is 1. The fourth-order valence-corrected chi connectivity index (χ4v) is 2.71. The van der Waals surface area contributed by atoms with E-state index in [4.69, 9.17) is 23.2 Å². The summed E-state index contributed by atoms with van der Waals surface area (Å²) in [6.45, 7) is 0. The fourth-order valence-electron chi connectivity index (χ4n) is 2.25. The van der Waals surface area contributed by atoms with Crippen LogP contribution in [-0.2, 0) is 0 Å². The fraction of sp³-hybridized carbons (Fsp3) is 0. The van der Waals surface area contributed by atoms with Crippen molar-refractivity contribution in [2.75, 3.05) is 0 Å². The molecule has 0 amide bonds. The van der Waals surface area contributed by atoms with E-state index in [-0.39, 0.29) is 0 Å². The van der Waals surface area contributed by atoms with Crippen molar-refractivity contribution in [1.29, 1.82) is 0 Å². The van der Waals surface area contributed by atoms with Crippen LogP contribution in [-0.4, -0.2) is 6.29 Å². The molecule has 0 aliphatic carbocycles. The van der Waals surface area contributed by atoms with E-state index in [9.17, 15) is 4.79 Å². The van der Waals surface area contributed by atoms with Gasteiger partial charge in [0, 0.05) is 26.4 Å². The largest absolute Gasteiger partial charge is 0.298 e. The lowest BCUT2D eigenvalue weighted by atomic mass is 9.97. The smallest absolute Gasteiger partial charge is 0.151 e. The first-order chi connectivity index (χ1) is 8.72. The molecule has 0 bridgehead atoms. The van der Waals surface area contributed by atoms with Crippen molar-refractivity contribution >= 4 is 51.0 Å². The lowest BCUT2D eigenvalue weighted by molar-refractivity contribution is 0.112. The van der Waals surface area contributed by atoms with E-state index in [0.717, 1.165) is 27.8 Å². The Balaban J connectivity index is 2.65. The second kappa shape index (κ2) is 4.27. The number of carbonyl (C=O) groups excluding carboxylic acids is 1. The van der Waals surface area contributed by atoms with E-state index in [1.54, 1.807) is 12.1 Å². The van der Waals surface area contributed by atoms with Gasteiger partial charge in [0.15, 0.2) is 6.29 Å². The Hall–Kier alpha value is -1.57. The third-order valence-electron chi connectivity index (χ3n) is 3.09. The van der Waals surface area contributed by atoms with Gasteiger partial charge in [-0.2, -0.15) is 0 Å². The van der Waals surface area contributed by atoms with Gasteiger partial charge < -0.3 is 0 Å². The highest BCUT2D eigenvalue weighted by Crippen LogP contribution is 2.34. The van der Waals surface area contributed by atoms with E-state index >= 15 is 0 Å². The molecule has 0 aliphatic rings. The number of fused-ring (bicyclic) bond motifs is 2. The van der Waals surface area contributed by atoms with Gasteiger partial charge in [0.2, 0.25) is 0 Å². The van der Waals surface area contributed by atoms with Crippen LogP contribution < -0.4 is 0 Å². The number of benzene rings is 3. The van der Waals surface area contributed by atoms with Crippen LogP contribution in [0.1, 0.15) is 10.4 Å². The van der Waals surface area contributed by atoms with Crippen molar-refractivity contribution in [2.24, 2.45) is 0 Å². The average Bonchev–Trinajstić information content (AvgIpc) is 2.38. The lowest BCUT2D eigenvalue weighted by Crippen LogP contribution is -1.88. The molecule has 0 unspecified atom stereocenters. The summed E-state index contributed by atoms with van der Waals surface area (Å²) in [5.74, 6) is 0. The predicted molar refractivity (Wildman–Crippen MR) is 76.9 cm³/mol. The maximum Gasteiger partial charge on any atom is 0.151 e. The molecule has 18 heavy (non-hydrogen) atoms. The van der Waals surface area contributed by atoms with Gasteiger partial charge >= 0.3 is 0 Å². The highest BCUT2D eigenvalue weighted by atomic mass is 35.5. The maximum atomic E-state index is 11.4. The molecule has 0 atom stereocenters. The van der Waals surface area contributed by atoms with Crippen LogP contribution >= 0.6 is 23.2 Å².